The van der Waals surface area contributed by atoms with E-state index in [0.717, 1.165) is 40.8 Å². The van der Waals surface area contributed by atoms with Crippen LogP contribution in [0.25, 0.3) is 0 Å². The number of nitrogens with one attached hydrogen (secondary N) is 2. The number of rotatable bonds is 4. The molecule has 4 atom stereocenters. The molecule has 2 aliphatic rings. The second-order valence-electron chi connectivity index (χ2n) is 7.62. The van der Waals surface area contributed by atoms with Crippen LogP contribution in [0.15, 0.2) is 16.5 Å². The van der Waals surface area contributed by atoms with E-state index in [0.29, 0.717) is 5.56 Å². The van der Waals surface area contributed by atoms with Crippen LogP contribution in [-0.2, 0) is 16.0 Å². The fourth-order valence-electron chi connectivity index (χ4n) is 4.98. The van der Waals surface area contributed by atoms with E-state index in [-0.39, 0.29) is 17.7 Å². The van der Waals surface area contributed by atoms with Gasteiger partial charge in [-0.1, -0.05) is 18.1 Å². The van der Waals surface area contributed by atoms with Gasteiger partial charge in [-0.15, -0.1) is 11.3 Å². The number of allylic oxidation sites excluding steroid dienone is 2. The lowest BCUT2D eigenvalue weighted by Gasteiger charge is -2.26. The Kier molecular flexibility index (Phi) is 5.42. The van der Waals surface area contributed by atoms with Crippen LogP contribution in [0, 0.1) is 30.6 Å². The number of carboxylic acids is 1. The normalized spacial score (nSPS) is 26.1. The fraction of sp³-hybridized carbons (Fsp3) is 0.550. The monoisotopic (exact) mass is 390 g/mol. The Morgan fingerprint density at radius 3 is 2.33 bits per heavy atom. The van der Waals surface area contributed by atoms with Crippen LogP contribution < -0.4 is 10.9 Å². The number of carbonyl (C=O) groups excluding carboxylic acids is 2. The molecule has 1 aromatic heterocycles. The number of hydrazine groups is 1. The molecule has 0 unspecified atom stereocenters. The van der Waals surface area contributed by atoms with E-state index in [1.165, 1.54) is 11.3 Å². The molecule has 2 amide bonds. The predicted molar refractivity (Wildman–Crippen MR) is 103 cm³/mol. The Balaban J connectivity index is 1.75. The van der Waals surface area contributed by atoms with Gasteiger partial charge in [0.05, 0.1) is 17.4 Å². The van der Waals surface area contributed by atoms with E-state index in [2.05, 4.69) is 10.9 Å². The van der Waals surface area contributed by atoms with Gasteiger partial charge in [0.1, 0.15) is 0 Å². The van der Waals surface area contributed by atoms with E-state index >= 15 is 0 Å². The molecule has 6 nitrogen and oxygen atoms in total. The highest BCUT2D eigenvalue weighted by Gasteiger charge is 2.57. The molecular weight excluding hydrogens is 364 g/mol. The third-order valence-corrected chi connectivity index (χ3v) is 6.96. The maximum atomic E-state index is 12.8. The summed E-state index contributed by atoms with van der Waals surface area (Å²) in [7, 11) is 0. The van der Waals surface area contributed by atoms with E-state index in [1.54, 1.807) is 5.38 Å². The van der Waals surface area contributed by atoms with Gasteiger partial charge >= 0.3 is 5.97 Å². The minimum Gasteiger partial charge on any atom is -0.481 e. The average molecular weight is 391 g/mol. The number of carbonyl (C=O) groups is 3. The summed E-state index contributed by atoms with van der Waals surface area (Å²) >= 11 is 1.50. The van der Waals surface area contributed by atoms with Crippen LogP contribution >= 0.6 is 11.3 Å². The summed E-state index contributed by atoms with van der Waals surface area (Å²) in [4.78, 5) is 38.2. The van der Waals surface area contributed by atoms with E-state index in [1.807, 2.05) is 27.7 Å². The highest BCUT2D eigenvalue weighted by atomic mass is 32.1. The highest BCUT2D eigenvalue weighted by molar-refractivity contribution is 7.10. The molecule has 7 heteroatoms. The first kappa shape index (κ1) is 19.6. The molecule has 27 heavy (non-hydrogen) atoms. The zero-order chi connectivity index (χ0) is 19.9. The third-order valence-electron chi connectivity index (χ3n) is 6.01. The first-order valence-electron chi connectivity index (χ1n) is 9.35. The number of aliphatic carboxylic acids is 1. The van der Waals surface area contributed by atoms with E-state index in [4.69, 9.17) is 0 Å². The molecule has 3 rings (SSSR count). The first-order chi connectivity index (χ1) is 12.8. The van der Waals surface area contributed by atoms with Crippen molar-refractivity contribution in [1.29, 1.82) is 0 Å². The molecule has 146 valence electrons. The van der Waals surface area contributed by atoms with E-state index in [9.17, 15) is 19.5 Å². The maximum Gasteiger partial charge on any atom is 0.307 e. The minimum absolute atomic E-state index is 0.0485. The third kappa shape index (κ3) is 3.29. The molecule has 3 N–H and O–H groups in total. The number of carboxylic acid groups (broad SMARTS) is 1. The molecule has 0 aromatic carbocycles. The SMILES string of the molecule is CCc1c(C(=O)NNC(=O)[C@H]2[C@H](C(=O)O)[C@H]3CC[C@H]2C3=C(C)C)csc1C. The molecule has 1 heterocycles. The smallest absolute Gasteiger partial charge is 0.307 e. The molecular formula is C20H26N2O4S. The average Bonchev–Trinajstić information content (AvgIpc) is 3.29. The summed E-state index contributed by atoms with van der Waals surface area (Å²) in [5, 5.41) is 11.5. The van der Waals surface area contributed by atoms with Crippen molar-refractivity contribution in [2.75, 3.05) is 0 Å². The number of fused-ring (bicyclic) bond motifs is 2. The van der Waals surface area contributed by atoms with Crippen molar-refractivity contribution in [3.8, 4) is 0 Å². The van der Waals surface area contributed by atoms with Crippen molar-refractivity contribution >= 4 is 29.1 Å². The number of aryl methyl sites for hydroxylation is 1. The molecule has 0 aliphatic heterocycles. The Morgan fingerprint density at radius 1 is 1.15 bits per heavy atom. The van der Waals surface area contributed by atoms with Gasteiger partial charge in [0.25, 0.3) is 5.91 Å². The van der Waals surface area contributed by atoms with Crippen molar-refractivity contribution in [3.05, 3.63) is 32.5 Å². The van der Waals surface area contributed by atoms with Crippen molar-refractivity contribution in [1.82, 2.24) is 10.9 Å². The predicted octanol–water partition coefficient (Wildman–Crippen LogP) is 3.07. The summed E-state index contributed by atoms with van der Waals surface area (Å²) in [6, 6.07) is 0. The van der Waals surface area contributed by atoms with Crippen molar-refractivity contribution in [2.24, 2.45) is 23.7 Å². The lowest BCUT2D eigenvalue weighted by atomic mass is 9.79. The Morgan fingerprint density at radius 2 is 1.78 bits per heavy atom. The summed E-state index contributed by atoms with van der Waals surface area (Å²) in [6.07, 6.45) is 2.38. The van der Waals surface area contributed by atoms with Gasteiger partial charge in [0, 0.05) is 10.3 Å². The molecule has 2 fully saturated rings. The minimum atomic E-state index is -0.936. The van der Waals surface area contributed by atoms with Crippen LogP contribution in [0.3, 0.4) is 0 Å². The van der Waals surface area contributed by atoms with Gasteiger partial charge in [-0.25, -0.2) is 0 Å². The summed E-state index contributed by atoms with van der Waals surface area (Å²) in [5.74, 6) is -3.19. The van der Waals surface area contributed by atoms with Crippen LogP contribution in [-0.4, -0.2) is 22.9 Å². The van der Waals surface area contributed by atoms with Crippen LogP contribution in [0.5, 0.6) is 0 Å². The van der Waals surface area contributed by atoms with Crippen molar-refractivity contribution in [2.45, 2.75) is 47.0 Å². The zero-order valence-corrected chi connectivity index (χ0v) is 16.9. The van der Waals surface area contributed by atoms with Crippen molar-refractivity contribution in [3.63, 3.8) is 0 Å². The van der Waals surface area contributed by atoms with E-state index < -0.39 is 23.7 Å². The van der Waals surface area contributed by atoms with Crippen LogP contribution in [0.1, 0.15) is 54.4 Å². The zero-order valence-electron chi connectivity index (χ0n) is 16.1. The quantitative estimate of drug-likeness (QED) is 0.544. The highest BCUT2D eigenvalue weighted by Crippen LogP contribution is 2.57. The number of hydrogen-bond donors (Lipinski definition) is 3. The molecule has 0 spiro atoms. The second-order valence-corrected chi connectivity index (χ2v) is 8.70. The number of amides is 2. The molecule has 0 radical (unpaired) electrons. The Hall–Kier alpha value is -2.15. The van der Waals surface area contributed by atoms with Gasteiger partial charge in [-0.3, -0.25) is 25.2 Å². The van der Waals surface area contributed by atoms with Crippen molar-refractivity contribution < 1.29 is 19.5 Å². The first-order valence-corrected chi connectivity index (χ1v) is 10.2. The topological polar surface area (TPSA) is 95.5 Å². The lowest BCUT2D eigenvalue weighted by Crippen LogP contribution is -2.48. The summed E-state index contributed by atoms with van der Waals surface area (Å²) < 4.78 is 0. The second kappa shape index (κ2) is 7.46. The largest absolute Gasteiger partial charge is 0.481 e. The molecule has 2 bridgehead atoms. The molecule has 2 aliphatic carbocycles. The van der Waals surface area contributed by atoms with Gasteiger partial charge in [-0.2, -0.15) is 0 Å². The molecule has 0 saturated heterocycles. The molecule has 1 aromatic rings. The summed E-state index contributed by atoms with van der Waals surface area (Å²) in [5.41, 5.74) is 8.74. The lowest BCUT2D eigenvalue weighted by molar-refractivity contribution is -0.149. The van der Waals surface area contributed by atoms with Gasteiger partial charge < -0.3 is 5.11 Å². The fourth-order valence-corrected chi connectivity index (χ4v) is 5.92. The molecule has 2 saturated carbocycles. The maximum absolute atomic E-state index is 12.8. The van der Waals surface area contributed by atoms with Gasteiger partial charge in [0.15, 0.2) is 0 Å². The standard InChI is InChI=1S/C20H26N2O4S/c1-5-11-10(4)27-8-14(11)18(23)21-22-19(24)16-12-6-7-13(15(12)9(2)3)17(16)20(25)26/h8,12-13,16-17H,5-7H2,1-4H3,(H,21,23)(H,22,24)(H,25,26)/t12-,13-,16+,17+/m0/s1. The Labute approximate surface area is 163 Å². The van der Waals surface area contributed by atoms with Crippen LogP contribution in [0.2, 0.25) is 0 Å². The van der Waals surface area contributed by atoms with Crippen LogP contribution in [0.4, 0.5) is 0 Å². The number of thiophene rings is 1. The number of hydrogen-bond acceptors (Lipinski definition) is 4. The van der Waals surface area contributed by atoms with Gasteiger partial charge in [-0.05, 0) is 57.4 Å². The summed E-state index contributed by atoms with van der Waals surface area (Å²) in [6.45, 7) is 7.91. The van der Waals surface area contributed by atoms with Gasteiger partial charge in [0.2, 0.25) is 5.91 Å². The Bertz CT molecular complexity index is 822.